The molecule has 27 heavy (non-hydrogen) atoms. The second-order valence-electron chi connectivity index (χ2n) is 6.15. The number of amides is 2. The largest absolute Gasteiger partial charge is 0.337 e. The molecular weight excluding hydrogens is 362 g/mol. The zero-order chi connectivity index (χ0) is 18.8. The molecule has 0 aliphatic carbocycles. The molecule has 1 aliphatic rings. The number of benzene rings is 2. The summed E-state index contributed by atoms with van der Waals surface area (Å²) in [4.78, 5) is 31.5. The van der Waals surface area contributed by atoms with Gasteiger partial charge in [0.05, 0.1) is 11.1 Å². The summed E-state index contributed by atoms with van der Waals surface area (Å²) in [5.74, 6) is 0.831. The molecule has 1 aromatic heterocycles. The number of imide groups is 1. The predicted molar refractivity (Wildman–Crippen MR) is 102 cm³/mol. The van der Waals surface area contributed by atoms with Gasteiger partial charge in [-0.25, -0.2) is 0 Å². The lowest BCUT2D eigenvalue weighted by Gasteiger charge is -2.22. The fourth-order valence-electron chi connectivity index (χ4n) is 3.16. The normalized spacial score (nSPS) is 14.5. The third-order valence-corrected chi connectivity index (χ3v) is 5.14. The Labute approximate surface area is 160 Å². The van der Waals surface area contributed by atoms with E-state index < -0.39 is 6.04 Å². The minimum atomic E-state index is -0.588. The van der Waals surface area contributed by atoms with Gasteiger partial charge in [-0.2, -0.15) is 16.7 Å². The van der Waals surface area contributed by atoms with E-state index in [0.29, 0.717) is 23.4 Å². The van der Waals surface area contributed by atoms with Crippen LogP contribution in [-0.4, -0.2) is 38.9 Å². The second kappa shape index (κ2) is 7.36. The zero-order valence-electron chi connectivity index (χ0n) is 14.7. The zero-order valence-corrected chi connectivity index (χ0v) is 15.5. The molecule has 0 saturated carbocycles. The maximum Gasteiger partial charge on any atom is 0.262 e. The van der Waals surface area contributed by atoms with E-state index in [1.54, 1.807) is 36.0 Å². The second-order valence-corrected chi connectivity index (χ2v) is 7.13. The van der Waals surface area contributed by atoms with Crippen LogP contribution in [0.5, 0.6) is 0 Å². The summed E-state index contributed by atoms with van der Waals surface area (Å²) in [5.41, 5.74) is 1.65. The van der Waals surface area contributed by atoms with Crippen LogP contribution in [0.25, 0.3) is 11.4 Å². The van der Waals surface area contributed by atoms with E-state index in [1.165, 1.54) is 4.90 Å². The monoisotopic (exact) mass is 379 g/mol. The van der Waals surface area contributed by atoms with Gasteiger partial charge in [0, 0.05) is 5.56 Å². The van der Waals surface area contributed by atoms with E-state index in [0.717, 1.165) is 11.3 Å². The lowest BCUT2D eigenvalue weighted by molar-refractivity contribution is 0.0548. The maximum atomic E-state index is 12.9. The van der Waals surface area contributed by atoms with Crippen molar-refractivity contribution in [3.63, 3.8) is 0 Å². The van der Waals surface area contributed by atoms with Crippen molar-refractivity contribution in [2.45, 2.75) is 12.5 Å². The summed E-state index contributed by atoms with van der Waals surface area (Å²) < 4.78 is 5.47. The molecule has 0 N–H and O–H groups in total. The van der Waals surface area contributed by atoms with Crippen LogP contribution >= 0.6 is 11.8 Å². The summed E-state index contributed by atoms with van der Waals surface area (Å²) in [7, 11) is 0. The average Bonchev–Trinajstić information content (AvgIpc) is 3.29. The van der Waals surface area contributed by atoms with Crippen molar-refractivity contribution in [3.8, 4) is 11.4 Å². The number of carbonyl (C=O) groups excluding carboxylic acids is 2. The molecule has 0 fully saturated rings. The van der Waals surface area contributed by atoms with Gasteiger partial charge in [-0.15, -0.1) is 0 Å². The van der Waals surface area contributed by atoms with Crippen molar-refractivity contribution in [3.05, 3.63) is 71.6 Å². The number of fused-ring (bicyclic) bond motifs is 1. The van der Waals surface area contributed by atoms with Crippen LogP contribution in [0.2, 0.25) is 0 Å². The topological polar surface area (TPSA) is 76.3 Å². The first kappa shape index (κ1) is 17.5. The number of hydrogen-bond acceptors (Lipinski definition) is 6. The standard InChI is InChI=1S/C20H17N3O3S/c1-27-12-11-16(18-21-17(22-26-18)13-7-3-2-4-8-13)23-19(24)14-9-5-6-10-15(14)20(23)25/h2-10,16H,11-12H2,1H3/t16-/m0/s1. The molecule has 0 spiro atoms. The molecule has 1 atom stereocenters. The smallest absolute Gasteiger partial charge is 0.262 e. The molecule has 7 heteroatoms. The third kappa shape index (κ3) is 3.14. The lowest BCUT2D eigenvalue weighted by atomic mass is 10.1. The SMILES string of the molecule is CSCC[C@@H](c1nc(-c2ccccc2)no1)N1C(=O)c2ccccc2C1=O. The molecule has 0 saturated heterocycles. The molecule has 2 aromatic carbocycles. The summed E-state index contributed by atoms with van der Waals surface area (Å²) in [6.45, 7) is 0. The van der Waals surface area contributed by atoms with Gasteiger partial charge >= 0.3 is 0 Å². The van der Waals surface area contributed by atoms with Crippen molar-refractivity contribution in [2.75, 3.05) is 12.0 Å². The molecule has 2 heterocycles. The van der Waals surface area contributed by atoms with Crippen LogP contribution in [0.3, 0.4) is 0 Å². The predicted octanol–water partition coefficient (Wildman–Crippen LogP) is 3.83. The van der Waals surface area contributed by atoms with Gasteiger partial charge in [0.1, 0.15) is 6.04 Å². The van der Waals surface area contributed by atoms with Crippen LogP contribution in [-0.2, 0) is 0 Å². The van der Waals surface area contributed by atoms with E-state index in [2.05, 4.69) is 10.1 Å². The number of thioether (sulfide) groups is 1. The van der Waals surface area contributed by atoms with Gasteiger partial charge in [0.15, 0.2) is 0 Å². The van der Waals surface area contributed by atoms with E-state index in [-0.39, 0.29) is 17.7 Å². The maximum absolute atomic E-state index is 12.9. The van der Waals surface area contributed by atoms with Gasteiger partial charge in [-0.05, 0) is 30.6 Å². The van der Waals surface area contributed by atoms with Crippen LogP contribution in [0.1, 0.15) is 39.1 Å². The fourth-order valence-corrected chi connectivity index (χ4v) is 3.62. The van der Waals surface area contributed by atoms with E-state index in [9.17, 15) is 9.59 Å². The number of nitrogens with zero attached hydrogens (tertiary/aromatic N) is 3. The summed E-state index contributed by atoms with van der Waals surface area (Å²) in [6, 6.07) is 15.7. The van der Waals surface area contributed by atoms with Crippen LogP contribution in [0.15, 0.2) is 59.1 Å². The Hall–Kier alpha value is -2.93. The molecule has 0 unspecified atom stereocenters. The van der Waals surface area contributed by atoms with Gasteiger partial charge < -0.3 is 4.52 Å². The Bertz CT molecular complexity index is 952. The summed E-state index contributed by atoms with van der Waals surface area (Å²) in [6.07, 6.45) is 2.52. The first-order valence-corrected chi connectivity index (χ1v) is 9.95. The van der Waals surface area contributed by atoms with E-state index in [1.807, 2.05) is 36.6 Å². The van der Waals surface area contributed by atoms with Crippen molar-refractivity contribution >= 4 is 23.6 Å². The Morgan fingerprint density at radius 1 is 1.00 bits per heavy atom. The van der Waals surface area contributed by atoms with Crippen molar-refractivity contribution in [1.82, 2.24) is 15.0 Å². The highest BCUT2D eigenvalue weighted by Gasteiger charge is 2.42. The number of rotatable bonds is 6. The summed E-state index contributed by atoms with van der Waals surface area (Å²) >= 11 is 1.63. The van der Waals surface area contributed by atoms with Gasteiger partial charge in [-0.3, -0.25) is 14.5 Å². The van der Waals surface area contributed by atoms with E-state index >= 15 is 0 Å². The molecule has 3 aromatic rings. The first-order valence-electron chi connectivity index (χ1n) is 8.55. The molecular formula is C20H17N3O3S. The highest BCUT2D eigenvalue weighted by Crippen LogP contribution is 2.34. The summed E-state index contributed by atoms with van der Waals surface area (Å²) in [5, 5.41) is 4.04. The molecule has 4 rings (SSSR count). The van der Waals surface area contributed by atoms with Crippen LogP contribution in [0.4, 0.5) is 0 Å². The Morgan fingerprint density at radius 3 is 2.26 bits per heavy atom. The molecule has 0 radical (unpaired) electrons. The van der Waals surface area contributed by atoms with Gasteiger partial charge in [0.25, 0.3) is 11.8 Å². The third-order valence-electron chi connectivity index (χ3n) is 4.49. The highest BCUT2D eigenvalue weighted by molar-refractivity contribution is 7.98. The number of aromatic nitrogens is 2. The van der Waals surface area contributed by atoms with Gasteiger partial charge in [-0.1, -0.05) is 47.6 Å². The minimum absolute atomic E-state index is 0.275. The quantitative estimate of drug-likeness (QED) is 0.606. The molecule has 1 aliphatic heterocycles. The van der Waals surface area contributed by atoms with Crippen molar-refractivity contribution < 1.29 is 14.1 Å². The Kier molecular flexibility index (Phi) is 4.77. The fraction of sp³-hybridized carbons (Fsp3) is 0.200. The molecule has 136 valence electrons. The number of hydrogen-bond donors (Lipinski definition) is 0. The molecule has 0 bridgehead atoms. The van der Waals surface area contributed by atoms with E-state index in [4.69, 9.17) is 4.52 Å². The highest BCUT2D eigenvalue weighted by atomic mass is 32.2. The van der Waals surface area contributed by atoms with Crippen LogP contribution < -0.4 is 0 Å². The minimum Gasteiger partial charge on any atom is -0.337 e. The van der Waals surface area contributed by atoms with Gasteiger partial charge in [0.2, 0.25) is 11.7 Å². The van der Waals surface area contributed by atoms with Crippen LogP contribution in [0, 0.1) is 0 Å². The lowest BCUT2D eigenvalue weighted by Crippen LogP contribution is -2.34. The number of carbonyl (C=O) groups is 2. The van der Waals surface area contributed by atoms with Crippen molar-refractivity contribution in [1.29, 1.82) is 0 Å². The molecule has 6 nitrogen and oxygen atoms in total. The molecule has 2 amide bonds. The Balaban J connectivity index is 1.70. The first-order chi connectivity index (χ1) is 13.2. The Morgan fingerprint density at radius 2 is 1.63 bits per heavy atom. The average molecular weight is 379 g/mol. The van der Waals surface area contributed by atoms with Crippen molar-refractivity contribution in [2.24, 2.45) is 0 Å².